The predicted molar refractivity (Wildman–Crippen MR) is 91.7 cm³/mol. The zero-order chi connectivity index (χ0) is 17.3. The van der Waals surface area contributed by atoms with Crippen LogP contribution in [-0.4, -0.2) is 35.7 Å². The number of hydrogen-bond donors (Lipinski definition) is 1. The van der Waals surface area contributed by atoms with Gasteiger partial charge < -0.3 is 15.0 Å². The van der Waals surface area contributed by atoms with Gasteiger partial charge in [0.15, 0.2) is 0 Å². The number of aromatic nitrogens is 2. The van der Waals surface area contributed by atoms with Crippen LogP contribution in [0.4, 0.5) is 10.8 Å². The molecule has 2 heterocycles. The lowest BCUT2D eigenvalue weighted by Gasteiger charge is -2.19. The summed E-state index contributed by atoms with van der Waals surface area (Å²) in [7, 11) is 1.52. The molecule has 2 aromatic rings. The summed E-state index contributed by atoms with van der Waals surface area (Å²) < 4.78 is 5.29. The highest BCUT2D eigenvalue weighted by Gasteiger charge is 2.36. The Morgan fingerprint density at radius 1 is 1.46 bits per heavy atom. The third kappa shape index (κ3) is 3.34. The van der Waals surface area contributed by atoms with E-state index in [0.29, 0.717) is 21.6 Å². The van der Waals surface area contributed by atoms with Crippen molar-refractivity contribution in [1.29, 1.82) is 0 Å². The molecule has 24 heavy (non-hydrogen) atoms. The van der Waals surface area contributed by atoms with E-state index >= 15 is 0 Å². The lowest BCUT2D eigenvalue weighted by molar-refractivity contribution is -0.122. The smallest absolute Gasteiger partial charge is 0.231 e. The molecule has 1 fully saturated rings. The van der Waals surface area contributed by atoms with E-state index in [4.69, 9.17) is 16.3 Å². The van der Waals surface area contributed by atoms with Crippen molar-refractivity contribution < 1.29 is 14.3 Å². The zero-order valence-electron chi connectivity index (χ0n) is 13.1. The Morgan fingerprint density at radius 3 is 2.92 bits per heavy atom. The highest BCUT2D eigenvalue weighted by molar-refractivity contribution is 7.15. The third-order valence-electron chi connectivity index (χ3n) is 3.68. The summed E-state index contributed by atoms with van der Waals surface area (Å²) in [4.78, 5) is 26.2. The van der Waals surface area contributed by atoms with Gasteiger partial charge in [0.1, 0.15) is 10.8 Å². The fourth-order valence-electron chi connectivity index (χ4n) is 2.54. The average molecular weight is 367 g/mol. The van der Waals surface area contributed by atoms with Crippen LogP contribution in [0, 0.1) is 12.8 Å². The van der Waals surface area contributed by atoms with Crippen LogP contribution in [0.2, 0.25) is 5.02 Å². The first-order valence-electron chi connectivity index (χ1n) is 7.23. The number of amides is 2. The Kier molecular flexibility index (Phi) is 4.68. The van der Waals surface area contributed by atoms with Crippen molar-refractivity contribution in [1.82, 2.24) is 10.2 Å². The number of benzene rings is 1. The molecule has 1 aromatic carbocycles. The summed E-state index contributed by atoms with van der Waals surface area (Å²) in [6, 6.07) is 5.04. The SMILES string of the molecule is COc1ccc(Cl)cc1N1C[C@H](C(=O)Nc2nnc(C)s2)CC1=O. The molecule has 1 aliphatic rings. The number of nitrogens with zero attached hydrogens (tertiary/aromatic N) is 3. The standard InChI is InChI=1S/C15H15ClN4O3S/c1-8-18-19-15(24-8)17-14(22)9-5-13(21)20(7-9)11-6-10(16)3-4-12(11)23-2/h3-4,6,9H,5,7H2,1-2H3,(H,17,19,22)/t9-/m1/s1. The molecule has 2 amide bonds. The summed E-state index contributed by atoms with van der Waals surface area (Å²) in [5.41, 5.74) is 0.567. The van der Waals surface area contributed by atoms with Gasteiger partial charge in [-0.05, 0) is 25.1 Å². The van der Waals surface area contributed by atoms with Crippen LogP contribution in [0.3, 0.4) is 0 Å². The number of methoxy groups -OCH3 is 1. The van der Waals surface area contributed by atoms with Crippen LogP contribution in [0.1, 0.15) is 11.4 Å². The van der Waals surface area contributed by atoms with Gasteiger partial charge in [-0.25, -0.2) is 0 Å². The van der Waals surface area contributed by atoms with E-state index in [-0.39, 0.29) is 24.8 Å². The molecule has 0 aliphatic carbocycles. The number of nitrogens with one attached hydrogen (secondary N) is 1. The number of rotatable bonds is 4. The van der Waals surface area contributed by atoms with E-state index < -0.39 is 5.92 Å². The largest absolute Gasteiger partial charge is 0.495 e. The van der Waals surface area contributed by atoms with Crippen molar-refractivity contribution in [3.63, 3.8) is 0 Å². The number of ether oxygens (including phenoxy) is 1. The molecular weight excluding hydrogens is 352 g/mol. The Balaban J connectivity index is 1.76. The average Bonchev–Trinajstić information content (AvgIpc) is 3.13. The molecule has 1 atom stereocenters. The second kappa shape index (κ2) is 6.74. The minimum Gasteiger partial charge on any atom is -0.495 e. The number of carbonyl (C=O) groups is 2. The molecule has 0 radical (unpaired) electrons. The normalized spacial score (nSPS) is 17.2. The molecule has 1 aliphatic heterocycles. The van der Waals surface area contributed by atoms with Crippen LogP contribution in [0.15, 0.2) is 18.2 Å². The molecule has 126 valence electrons. The summed E-state index contributed by atoms with van der Waals surface area (Å²) in [5, 5.41) is 12.1. The molecule has 3 rings (SSSR count). The van der Waals surface area contributed by atoms with E-state index in [1.165, 1.54) is 23.3 Å². The number of hydrogen-bond acceptors (Lipinski definition) is 6. The monoisotopic (exact) mass is 366 g/mol. The molecule has 0 bridgehead atoms. The van der Waals surface area contributed by atoms with Crippen LogP contribution in [-0.2, 0) is 9.59 Å². The zero-order valence-corrected chi connectivity index (χ0v) is 14.6. The van der Waals surface area contributed by atoms with Crippen LogP contribution >= 0.6 is 22.9 Å². The second-order valence-corrected chi connectivity index (χ2v) is 6.96. The quantitative estimate of drug-likeness (QED) is 0.898. The number of carbonyl (C=O) groups excluding carboxylic acids is 2. The van der Waals surface area contributed by atoms with Gasteiger partial charge >= 0.3 is 0 Å². The van der Waals surface area contributed by atoms with Gasteiger partial charge in [-0.1, -0.05) is 22.9 Å². The fraction of sp³-hybridized carbons (Fsp3) is 0.333. The van der Waals surface area contributed by atoms with Crippen molar-refractivity contribution in [2.45, 2.75) is 13.3 Å². The van der Waals surface area contributed by atoms with Gasteiger partial charge in [-0.15, -0.1) is 10.2 Å². The maximum atomic E-state index is 12.4. The molecule has 0 unspecified atom stereocenters. The summed E-state index contributed by atoms with van der Waals surface area (Å²) >= 11 is 7.31. The minimum absolute atomic E-state index is 0.124. The minimum atomic E-state index is -0.467. The topological polar surface area (TPSA) is 84.4 Å². The molecule has 0 spiro atoms. The van der Waals surface area contributed by atoms with Crippen LogP contribution in [0.25, 0.3) is 0 Å². The Hall–Kier alpha value is -2.19. The third-order valence-corrected chi connectivity index (χ3v) is 4.67. The summed E-state index contributed by atoms with van der Waals surface area (Å²) in [6.45, 7) is 2.07. The first-order chi connectivity index (χ1) is 11.5. The molecule has 9 heteroatoms. The van der Waals surface area contributed by atoms with Crippen LogP contribution in [0.5, 0.6) is 5.75 Å². The Bertz CT molecular complexity index is 795. The first-order valence-corrected chi connectivity index (χ1v) is 8.42. The van der Waals surface area contributed by atoms with Gasteiger partial charge in [-0.2, -0.15) is 0 Å². The van der Waals surface area contributed by atoms with Gasteiger partial charge in [0.05, 0.1) is 18.7 Å². The lowest BCUT2D eigenvalue weighted by atomic mass is 10.1. The molecular formula is C15H15ClN4O3S. The maximum absolute atomic E-state index is 12.4. The van der Waals surface area contributed by atoms with Crippen molar-refractivity contribution in [3.05, 3.63) is 28.2 Å². The number of anilines is 2. The van der Waals surface area contributed by atoms with Gasteiger partial charge in [0.2, 0.25) is 16.9 Å². The summed E-state index contributed by atoms with van der Waals surface area (Å²) in [5.74, 6) is -0.328. The Labute approximate surface area is 147 Å². The highest BCUT2D eigenvalue weighted by Crippen LogP contribution is 2.35. The predicted octanol–water partition coefficient (Wildman–Crippen LogP) is 2.50. The lowest BCUT2D eigenvalue weighted by Crippen LogP contribution is -2.28. The highest BCUT2D eigenvalue weighted by atomic mass is 35.5. The van der Waals surface area contributed by atoms with E-state index in [9.17, 15) is 9.59 Å². The van der Waals surface area contributed by atoms with Crippen molar-refractivity contribution in [2.24, 2.45) is 5.92 Å². The maximum Gasteiger partial charge on any atom is 0.231 e. The van der Waals surface area contributed by atoms with Crippen LogP contribution < -0.4 is 15.0 Å². The van der Waals surface area contributed by atoms with Crippen molar-refractivity contribution in [3.8, 4) is 5.75 Å². The van der Waals surface area contributed by atoms with Gasteiger partial charge in [-0.3, -0.25) is 9.59 Å². The summed E-state index contributed by atoms with van der Waals surface area (Å²) in [6.07, 6.45) is 0.124. The van der Waals surface area contributed by atoms with Crippen molar-refractivity contribution in [2.75, 3.05) is 23.9 Å². The molecule has 7 nitrogen and oxygen atoms in total. The second-order valence-electron chi connectivity index (χ2n) is 5.34. The molecule has 1 saturated heterocycles. The number of halogens is 1. The Morgan fingerprint density at radius 2 is 2.25 bits per heavy atom. The molecule has 1 aromatic heterocycles. The molecule has 1 N–H and O–H groups in total. The van der Waals surface area contributed by atoms with E-state index in [2.05, 4.69) is 15.5 Å². The first kappa shape index (κ1) is 16.7. The number of aryl methyl sites for hydroxylation is 1. The van der Waals surface area contributed by atoms with Crippen molar-refractivity contribution >= 4 is 45.6 Å². The fourth-order valence-corrected chi connectivity index (χ4v) is 3.31. The van der Waals surface area contributed by atoms with Gasteiger partial charge in [0.25, 0.3) is 0 Å². The van der Waals surface area contributed by atoms with E-state index in [1.807, 2.05) is 0 Å². The van der Waals surface area contributed by atoms with Gasteiger partial charge in [0, 0.05) is 18.0 Å². The van der Waals surface area contributed by atoms with E-state index in [0.717, 1.165) is 5.01 Å². The molecule has 0 saturated carbocycles. The van der Waals surface area contributed by atoms with E-state index in [1.54, 1.807) is 25.1 Å².